The predicted molar refractivity (Wildman–Crippen MR) is 105 cm³/mol. The molecule has 0 heterocycles. The molecule has 3 aromatic carbocycles. The third kappa shape index (κ3) is 4.74. The van der Waals surface area contributed by atoms with Crippen LogP contribution < -0.4 is 0 Å². The number of aromatic hydroxyl groups is 1. The number of benzene rings is 3. The van der Waals surface area contributed by atoms with Crippen LogP contribution >= 0.6 is 0 Å². The van der Waals surface area contributed by atoms with Crippen molar-refractivity contribution >= 4 is 5.97 Å². The van der Waals surface area contributed by atoms with Crippen LogP contribution in [0.3, 0.4) is 0 Å². The number of phenolic OH excluding ortho intramolecular Hbond substituents is 1. The number of hydrogen-bond donors (Lipinski definition) is 1. The molecule has 0 bridgehead atoms. The van der Waals surface area contributed by atoms with Crippen LogP contribution in [0.4, 0.5) is 0 Å². The highest BCUT2D eigenvalue weighted by atomic mass is 16.5. The van der Waals surface area contributed by atoms with E-state index in [1.807, 2.05) is 66.7 Å². The monoisotopic (exact) mass is 362 g/mol. The molecule has 0 radical (unpaired) electrons. The molecule has 0 aliphatic rings. The molecule has 3 aromatic rings. The van der Waals surface area contributed by atoms with Crippen molar-refractivity contribution in [3.05, 3.63) is 89.5 Å². The molecule has 4 heteroatoms. The second-order valence-electron chi connectivity index (χ2n) is 6.21. The highest BCUT2D eigenvalue weighted by Crippen LogP contribution is 2.33. The number of carbonyl (C=O) groups is 1. The standard InChI is InChI=1S/C23H22O4/c1-26-13-12-18-14-20(19-10-6-3-7-11-19)22(21(24)15-18)23(25)27-16-17-8-4-2-5-9-17/h2-11,14-15,24H,12-13,16H2,1H3. The normalized spacial score (nSPS) is 10.6. The number of carbonyl (C=O) groups excluding carboxylic acids is 1. The summed E-state index contributed by atoms with van der Waals surface area (Å²) in [4.78, 5) is 12.8. The number of methoxy groups -OCH3 is 1. The first-order chi connectivity index (χ1) is 13.2. The fourth-order valence-electron chi connectivity index (χ4n) is 2.90. The lowest BCUT2D eigenvalue weighted by atomic mass is 9.95. The predicted octanol–water partition coefficient (Wildman–Crippen LogP) is 4.61. The van der Waals surface area contributed by atoms with Crippen LogP contribution in [0.1, 0.15) is 21.5 Å². The van der Waals surface area contributed by atoms with E-state index >= 15 is 0 Å². The zero-order chi connectivity index (χ0) is 19.1. The van der Waals surface area contributed by atoms with E-state index in [4.69, 9.17) is 9.47 Å². The number of ether oxygens (including phenoxy) is 2. The summed E-state index contributed by atoms with van der Waals surface area (Å²) < 4.78 is 10.6. The van der Waals surface area contributed by atoms with Crippen LogP contribution in [0.25, 0.3) is 11.1 Å². The largest absolute Gasteiger partial charge is 0.507 e. The Kier molecular flexibility index (Phi) is 6.23. The van der Waals surface area contributed by atoms with E-state index in [1.165, 1.54) is 0 Å². The quantitative estimate of drug-likeness (QED) is 0.624. The van der Waals surface area contributed by atoms with Gasteiger partial charge in [-0.3, -0.25) is 0 Å². The lowest BCUT2D eigenvalue weighted by molar-refractivity contribution is 0.0470. The van der Waals surface area contributed by atoms with Gasteiger partial charge in [-0.1, -0.05) is 60.7 Å². The second kappa shape index (κ2) is 9.01. The van der Waals surface area contributed by atoms with Crippen LogP contribution in [0.15, 0.2) is 72.8 Å². The Labute approximate surface area is 159 Å². The Morgan fingerprint density at radius 3 is 2.26 bits per heavy atom. The van der Waals surface area contributed by atoms with E-state index in [9.17, 15) is 9.90 Å². The summed E-state index contributed by atoms with van der Waals surface area (Å²) >= 11 is 0. The van der Waals surface area contributed by atoms with Gasteiger partial charge in [-0.2, -0.15) is 0 Å². The van der Waals surface area contributed by atoms with E-state index in [1.54, 1.807) is 13.2 Å². The Balaban J connectivity index is 1.93. The van der Waals surface area contributed by atoms with Crippen LogP contribution in [0.2, 0.25) is 0 Å². The molecule has 0 atom stereocenters. The maximum Gasteiger partial charge on any atom is 0.342 e. The molecule has 3 rings (SSSR count). The van der Waals surface area contributed by atoms with Crippen LogP contribution in [0, 0.1) is 0 Å². The molecular weight excluding hydrogens is 340 g/mol. The highest BCUT2D eigenvalue weighted by Gasteiger charge is 2.20. The average Bonchev–Trinajstić information content (AvgIpc) is 2.71. The fraction of sp³-hybridized carbons (Fsp3) is 0.174. The van der Waals surface area contributed by atoms with Crippen molar-refractivity contribution in [3.63, 3.8) is 0 Å². The molecule has 4 nitrogen and oxygen atoms in total. The summed E-state index contributed by atoms with van der Waals surface area (Å²) in [5, 5.41) is 10.6. The Morgan fingerprint density at radius 2 is 1.59 bits per heavy atom. The average molecular weight is 362 g/mol. The summed E-state index contributed by atoms with van der Waals surface area (Å²) in [6.07, 6.45) is 0.642. The summed E-state index contributed by atoms with van der Waals surface area (Å²) in [6.45, 7) is 0.685. The Morgan fingerprint density at radius 1 is 0.926 bits per heavy atom. The third-order valence-corrected chi connectivity index (χ3v) is 4.27. The molecule has 0 saturated heterocycles. The number of phenols is 1. The van der Waals surface area contributed by atoms with Gasteiger partial charge in [0.25, 0.3) is 0 Å². The lowest BCUT2D eigenvalue weighted by Gasteiger charge is -2.14. The summed E-state index contributed by atoms with van der Waals surface area (Å²) in [5.74, 6) is -0.631. The first-order valence-corrected chi connectivity index (χ1v) is 8.80. The molecule has 0 spiro atoms. The van der Waals surface area contributed by atoms with Crippen LogP contribution in [-0.2, 0) is 22.5 Å². The van der Waals surface area contributed by atoms with Crippen molar-refractivity contribution in [1.29, 1.82) is 0 Å². The first-order valence-electron chi connectivity index (χ1n) is 8.80. The zero-order valence-electron chi connectivity index (χ0n) is 15.2. The number of hydrogen-bond acceptors (Lipinski definition) is 4. The zero-order valence-corrected chi connectivity index (χ0v) is 15.2. The highest BCUT2D eigenvalue weighted by molar-refractivity contribution is 6.00. The number of rotatable bonds is 7. The molecule has 138 valence electrons. The smallest absolute Gasteiger partial charge is 0.342 e. The van der Waals surface area contributed by atoms with E-state index in [2.05, 4.69) is 0 Å². The Bertz CT molecular complexity index is 889. The van der Waals surface area contributed by atoms with Crippen molar-refractivity contribution in [1.82, 2.24) is 0 Å². The molecule has 0 fully saturated rings. The van der Waals surface area contributed by atoms with Gasteiger partial charge in [0.15, 0.2) is 0 Å². The molecular formula is C23H22O4. The topological polar surface area (TPSA) is 55.8 Å². The van der Waals surface area contributed by atoms with Gasteiger partial charge in [-0.05, 0) is 35.2 Å². The molecule has 0 aliphatic carbocycles. The summed E-state index contributed by atoms with van der Waals surface area (Å²) in [5.41, 5.74) is 3.47. The van der Waals surface area contributed by atoms with Crippen molar-refractivity contribution < 1.29 is 19.4 Å². The summed E-state index contributed by atoms with van der Waals surface area (Å²) in [7, 11) is 1.63. The molecule has 27 heavy (non-hydrogen) atoms. The maximum absolute atomic E-state index is 12.8. The van der Waals surface area contributed by atoms with Gasteiger partial charge in [0.05, 0.1) is 6.61 Å². The molecule has 0 saturated carbocycles. The SMILES string of the molecule is COCCc1cc(O)c(C(=O)OCc2ccccc2)c(-c2ccccc2)c1. The van der Waals surface area contributed by atoms with Gasteiger partial charge >= 0.3 is 5.97 Å². The van der Waals surface area contributed by atoms with Crippen LogP contribution in [0.5, 0.6) is 5.75 Å². The minimum absolute atomic E-state index is 0.0829. The molecule has 0 aliphatic heterocycles. The summed E-state index contributed by atoms with van der Waals surface area (Å²) in [6, 6.07) is 22.5. The van der Waals surface area contributed by atoms with Gasteiger partial charge < -0.3 is 14.6 Å². The minimum atomic E-state index is -0.548. The van der Waals surface area contributed by atoms with Gasteiger partial charge in [-0.15, -0.1) is 0 Å². The Hall–Kier alpha value is -3.11. The molecule has 0 aromatic heterocycles. The van der Waals surface area contributed by atoms with E-state index < -0.39 is 5.97 Å². The first kappa shape index (κ1) is 18.7. The molecule has 0 amide bonds. The van der Waals surface area contributed by atoms with Crippen molar-refractivity contribution in [2.75, 3.05) is 13.7 Å². The molecule has 0 unspecified atom stereocenters. The van der Waals surface area contributed by atoms with Crippen molar-refractivity contribution in [2.45, 2.75) is 13.0 Å². The second-order valence-corrected chi connectivity index (χ2v) is 6.21. The van der Waals surface area contributed by atoms with Crippen LogP contribution in [-0.4, -0.2) is 24.8 Å². The van der Waals surface area contributed by atoms with E-state index in [0.717, 1.165) is 16.7 Å². The van der Waals surface area contributed by atoms with Gasteiger partial charge in [0, 0.05) is 12.7 Å². The number of esters is 1. The minimum Gasteiger partial charge on any atom is -0.507 e. The lowest BCUT2D eigenvalue weighted by Crippen LogP contribution is -2.08. The molecule has 1 N–H and O–H groups in total. The van der Waals surface area contributed by atoms with Crippen molar-refractivity contribution in [3.8, 4) is 16.9 Å². The van der Waals surface area contributed by atoms with Gasteiger partial charge in [0.1, 0.15) is 17.9 Å². The van der Waals surface area contributed by atoms with Gasteiger partial charge in [0.2, 0.25) is 0 Å². The van der Waals surface area contributed by atoms with E-state index in [-0.39, 0.29) is 17.9 Å². The fourth-order valence-corrected chi connectivity index (χ4v) is 2.90. The van der Waals surface area contributed by atoms with Crippen molar-refractivity contribution in [2.24, 2.45) is 0 Å². The maximum atomic E-state index is 12.8. The van der Waals surface area contributed by atoms with Gasteiger partial charge in [-0.25, -0.2) is 4.79 Å². The third-order valence-electron chi connectivity index (χ3n) is 4.27. The van der Waals surface area contributed by atoms with E-state index in [0.29, 0.717) is 18.6 Å².